The van der Waals surface area contributed by atoms with Crippen molar-refractivity contribution < 1.29 is 9.47 Å². The third kappa shape index (κ3) is 2.55. The Balaban J connectivity index is 2.25. The van der Waals surface area contributed by atoms with Crippen LogP contribution in [0.3, 0.4) is 0 Å². The van der Waals surface area contributed by atoms with Crippen molar-refractivity contribution in [2.45, 2.75) is 26.2 Å². The minimum Gasteiger partial charge on any atom is -0.486 e. The van der Waals surface area contributed by atoms with E-state index in [-0.39, 0.29) is 0 Å². The smallest absolute Gasteiger partial charge is 0.161 e. The van der Waals surface area contributed by atoms with Gasteiger partial charge in [0.25, 0.3) is 0 Å². The molecule has 0 aromatic heterocycles. The third-order valence-corrected chi connectivity index (χ3v) is 3.58. The third-order valence-electron chi connectivity index (χ3n) is 3.58. The summed E-state index contributed by atoms with van der Waals surface area (Å²) in [4.78, 5) is 0. The molecule has 0 aliphatic carbocycles. The molecule has 0 fully saturated rings. The largest absolute Gasteiger partial charge is 0.486 e. The molecule has 2 N–H and O–H groups in total. The maximum atomic E-state index is 5.89. The van der Waals surface area contributed by atoms with Crippen LogP contribution in [0.1, 0.15) is 31.7 Å². The van der Waals surface area contributed by atoms with Crippen LogP contribution in [0.2, 0.25) is 0 Å². The average molecular weight is 235 g/mol. The molecular weight excluding hydrogens is 214 g/mol. The molecule has 1 aliphatic rings. The molecule has 2 rings (SSSR count). The summed E-state index contributed by atoms with van der Waals surface area (Å²) in [6.07, 6.45) is 1.14. The molecule has 0 spiro atoms. The summed E-state index contributed by atoms with van der Waals surface area (Å²) in [6.45, 7) is 6.39. The van der Waals surface area contributed by atoms with Gasteiger partial charge in [-0.15, -0.1) is 0 Å². The van der Waals surface area contributed by atoms with Crippen molar-refractivity contribution in [3.8, 4) is 11.5 Å². The Hall–Kier alpha value is -1.22. The Morgan fingerprint density at radius 3 is 2.59 bits per heavy atom. The lowest BCUT2D eigenvalue weighted by atomic mass is 9.85. The molecule has 17 heavy (non-hydrogen) atoms. The monoisotopic (exact) mass is 235 g/mol. The quantitative estimate of drug-likeness (QED) is 0.872. The highest BCUT2D eigenvalue weighted by atomic mass is 16.6. The standard InChI is InChI=1S/C14H21NO2/c1-3-10(2)12(9-15)11-4-5-13-14(8-11)17-7-6-16-13/h4-5,8,10,12H,3,6-7,9,15H2,1-2H3. The predicted molar refractivity (Wildman–Crippen MR) is 68.7 cm³/mol. The van der Waals surface area contributed by atoms with Crippen molar-refractivity contribution in [1.29, 1.82) is 0 Å². The Morgan fingerprint density at radius 1 is 1.24 bits per heavy atom. The number of benzene rings is 1. The summed E-state index contributed by atoms with van der Waals surface area (Å²) in [7, 11) is 0. The molecule has 1 aromatic carbocycles. The summed E-state index contributed by atoms with van der Waals surface area (Å²) in [6, 6.07) is 6.18. The maximum absolute atomic E-state index is 5.89. The lowest BCUT2D eigenvalue weighted by Gasteiger charge is -2.24. The second-order valence-corrected chi connectivity index (χ2v) is 4.63. The molecule has 1 aliphatic heterocycles. The molecule has 0 amide bonds. The number of hydrogen-bond acceptors (Lipinski definition) is 3. The molecule has 1 aromatic rings. The fourth-order valence-electron chi connectivity index (χ4n) is 2.27. The van der Waals surface area contributed by atoms with Crippen LogP contribution in [-0.4, -0.2) is 19.8 Å². The van der Waals surface area contributed by atoms with E-state index < -0.39 is 0 Å². The zero-order chi connectivity index (χ0) is 12.3. The topological polar surface area (TPSA) is 44.5 Å². The first-order chi connectivity index (χ1) is 8.26. The van der Waals surface area contributed by atoms with Crippen molar-refractivity contribution in [2.24, 2.45) is 11.7 Å². The van der Waals surface area contributed by atoms with Gasteiger partial charge in [-0.05, 0) is 36.1 Å². The first kappa shape index (κ1) is 12.2. The number of fused-ring (bicyclic) bond motifs is 1. The van der Waals surface area contributed by atoms with Crippen LogP contribution in [0.25, 0.3) is 0 Å². The van der Waals surface area contributed by atoms with Gasteiger partial charge in [-0.3, -0.25) is 0 Å². The number of ether oxygens (including phenoxy) is 2. The van der Waals surface area contributed by atoms with Crippen LogP contribution in [0, 0.1) is 5.92 Å². The Labute approximate surface area is 103 Å². The molecule has 3 nitrogen and oxygen atoms in total. The van der Waals surface area contributed by atoms with E-state index in [4.69, 9.17) is 15.2 Å². The first-order valence-corrected chi connectivity index (χ1v) is 6.35. The number of nitrogens with two attached hydrogens (primary N) is 1. The van der Waals surface area contributed by atoms with Crippen LogP contribution in [0.5, 0.6) is 11.5 Å². The highest BCUT2D eigenvalue weighted by Crippen LogP contribution is 2.35. The van der Waals surface area contributed by atoms with E-state index >= 15 is 0 Å². The lowest BCUT2D eigenvalue weighted by molar-refractivity contribution is 0.171. The molecular formula is C14H21NO2. The second kappa shape index (κ2) is 5.41. The minimum atomic E-state index is 0.399. The molecule has 0 bridgehead atoms. The van der Waals surface area contributed by atoms with Gasteiger partial charge in [0, 0.05) is 0 Å². The van der Waals surface area contributed by atoms with E-state index in [2.05, 4.69) is 26.0 Å². The Bertz CT molecular complexity index is 378. The van der Waals surface area contributed by atoms with Crippen LogP contribution in [-0.2, 0) is 0 Å². The molecule has 0 saturated heterocycles. The van der Waals surface area contributed by atoms with Gasteiger partial charge in [-0.25, -0.2) is 0 Å². The molecule has 0 saturated carbocycles. The van der Waals surface area contributed by atoms with E-state index in [9.17, 15) is 0 Å². The van der Waals surface area contributed by atoms with Gasteiger partial charge in [0.05, 0.1) is 0 Å². The van der Waals surface area contributed by atoms with Crippen LogP contribution >= 0.6 is 0 Å². The van der Waals surface area contributed by atoms with Crippen molar-refractivity contribution in [1.82, 2.24) is 0 Å². The SMILES string of the molecule is CCC(C)C(CN)c1ccc2c(c1)OCCO2. The molecule has 2 atom stereocenters. The maximum Gasteiger partial charge on any atom is 0.161 e. The summed E-state index contributed by atoms with van der Waals surface area (Å²) in [5.74, 6) is 2.69. The van der Waals surface area contributed by atoms with Crippen molar-refractivity contribution in [3.63, 3.8) is 0 Å². The zero-order valence-corrected chi connectivity index (χ0v) is 10.6. The van der Waals surface area contributed by atoms with Crippen molar-refractivity contribution in [3.05, 3.63) is 23.8 Å². The molecule has 2 unspecified atom stereocenters. The Kier molecular flexibility index (Phi) is 3.89. The van der Waals surface area contributed by atoms with Gasteiger partial charge in [0.1, 0.15) is 13.2 Å². The number of hydrogen-bond donors (Lipinski definition) is 1. The van der Waals surface area contributed by atoms with Gasteiger partial charge in [0.2, 0.25) is 0 Å². The highest BCUT2D eigenvalue weighted by Gasteiger charge is 2.19. The van der Waals surface area contributed by atoms with Crippen molar-refractivity contribution >= 4 is 0 Å². The van der Waals surface area contributed by atoms with E-state index in [0.717, 1.165) is 17.9 Å². The average Bonchev–Trinajstić information content (AvgIpc) is 2.39. The van der Waals surface area contributed by atoms with Gasteiger partial charge in [0.15, 0.2) is 11.5 Å². The van der Waals surface area contributed by atoms with Gasteiger partial charge < -0.3 is 15.2 Å². The summed E-state index contributed by atoms with van der Waals surface area (Å²) < 4.78 is 11.1. The molecule has 94 valence electrons. The minimum absolute atomic E-state index is 0.399. The molecule has 0 radical (unpaired) electrons. The summed E-state index contributed by atoms with van der Waals surface area (Å²) in [5.41, 5.74) is 7.14. The summed E-state index contributed by atoms with van der Waals surface area (Å²) in [5, 5.41) is 0. The van der Waals surface area contributed by atoms with Crippen molar-refractivity contribution in [2.75, 3.05) is 19.8 Å². The van der Waals surface area contributed by atoms with Crippen LogP contribution in [0.15, 0.2) is 18.2 Å². The molecule has 1 heterocycles. The number of rotatable bonds is 4. The van der Waals surface area contributed by atoms with Crippen LogP contribution in [0.4, 0.5) is 0 Å². The van der Waals surface area contributed by atoms with E-state index in [1.54, 1.807) is 0 Å². The highest BCUT2D eigenvalue weighted by molar-refractivity contribution is 5.45. The Morgan fingerprint density at radius 2 is 1.94 bits per heavy atom. The second-order valence-electron chi connectivity index (χ2n) is 4.63. The van der Waals surface area contributed by atoms with E-state index in [0.29, 0.717) is 31.6 Å². The summed E-state index contributed by atoms with van der Waals surface area (Å²) >= 11 is 0. The van der Waals surface area contributed by atoms with Gasteiger partial charge in [-0.1, -0.05) is 26.3 Å². The molecule has 3 heteroatoms. The van der Waals surface area contributed by atoms with E-state index in [1.807, 2.05) is 6.07 Å². The van der Waals surface area contributed by atoms with Crippen LogP contribution < -0.4 is 15.2 Å². The normalized spacial score (nSPS) is 17.6. The fourth-order valence-corrected chi connectivity index (χ4v) is 2.27. The lowest BCUT2D eigenvalue weighted by Crippen LogP contribution is -2.20. The van der Waals surface area contributed by atoms with E-state index in [1.165, 1.54) is 5.56 Å². The first-order valence-electron chi connectivity index (χ1n) is 6.35. The predicted octanol–water partition coefficient (Wildman–Crippen LogP) is 2.55. The zero-order valence-electron chi connectivity index (χ0n) is 10.6. The van der Waals surface area contributed by atoms with Gasteiger partial charge in [-0.2, -0.15) is 0 Å². The fraction of sp³-hybridized carbons (Fsp3) is 0.571. The van der Waals surface area contributed by atoms with Gasteiger partial charge >= 0.3 is 0 Å².